The largest absolute Gasteiger partial charge is 0.381 e. The van der Waals surface area contributed by atoms with Crippen molar-refractivity contribution in [1.29, 1.82) is 0 Å². The van der Waals surface area contributed by atoms with Gasteiger partial charge >= 0.3 is 6.03 Å². The molecule has 2 aliphatic carbocycles. The van der Waals surface area contributed by atoms with Crippen molar-refractivity contribution in [2.45, 2.75) is 69.9 Å². The molecular formula is C17H27N3O2S. The van der Waals surface area contributed by atoms with Crippen LogP contribution in [0.5, 0.6) is 0 Å². The minimum Gasteiger partial charge on any atom is -0.381 e. The highest BCUT2D eigenvalue weighted by Crippen LogP contribution is 2.27. The van der Waals surface area contributed by atoms with E-state index in [0.29, 0.717) is 12.6 Å². The van der Waals surface area contributed by atoms with Crippen LogP contribution in [0, 0.1) is 0 Å². The summed E-state index contributed by atoms with van der Waals surface area (Å²) in [5.74, 6) is 0. The fourth-order valence-electron chi connectivity index (χ4n) is 3.48. The van der Waals surface area contributed by atoms with Gasteiger partial charge in [-0.15, -0.1) is 11.3 Å². The molecule has 0 spiro atoms. The number of amides is 2. The summed E-state index contributed by atoms with van der Waals surface area (Å²) in [5.41, 5.74) is 1.33. The molecule has 2 N–H and O–H groups in total. The zero-order chi connectivity index (χ0) is 16.1. The number of carbonyl (C=O) groups is 1. The molecule has 0 aliphatic heterocycles. The number of methoxy groups -OCH3 is 1. The van der Waals surface area contributed by atoms with Gasteiger partial charge in [-0.3, -0.25) is 0 Å². The van der Waals surface area contributed by atoms with Gasteiger partial charge in [0.2, 0.25) is 0 Å². The van der Waals surface area contributed by atoms with Gasteiger partial charge in [0.1, 0.15) is 0 Å². The van der Waals surface area contributed by atoms with E-state index in [2.05, 4.69) is 10.6 Å². The molecule has 23 heavy (non-hydrogen) atoms. The van der Waals surface area contributed by atoms with Crippen LogP contribution in [0.1, 0.15) is 54.1 Å². The highest BCUT2D eigenvalue weighted by atomic mass is 32.1. The predicted molar refractivity (Wildman–Crippen MR) is 92.0 cm³/mol. The molecule has 3 rings (SSSR count). The number of ether oxygens (including phenoxy) is 1. The average Bonchev–Trinajstić information content (AvgIpc) is 3.17. The maximum absolute atomic E-state index is 11.9. The minimum absolute atomic E-state index is 0.0508. The molecule has 6 heteroatoms. The van der Waals surface area contributed by atoms with Crippen LogP contribution >= 0.6 is 11.3 Å². The first-order valence-corrected chi connectivity index (χ1v) is 9.61. The monoisotopic (exact) mass is 337 g/mol. The molecule has 2 amide bonds. The van der Waals surface area contributed by atoms with Gasteiger partial charge in [-0.05, 0) is 51.4 Å². The summed E-state index contributed by atoms with van der Waals surface area (Å²) in [6.45, 7) is 0.705. The Morgan fingerprint density at radius 1 is 1.35 bits per heavy atom. The highest BCUT2D eigenvalue weighted by molar-refractivity contribution is 7.11. The first-order chi connectivity index (χ1) is 11.2. The van der Waals surface area contributed by atoms with Gasteiger partial charge in [-0.2, -0.15) is 0 Å². The number of carbonyl (C=O) groups excluding carboxylic acids is 1. The van der Waals surface area contributed by atoms with Crippen LogP contribution in [0.4, 0.5) is 4.79 Å². The van der Waals surface area contributed by atoms with Crippen LogP contribution in [-0.4, -0.2) is 36.8 Å². The molecule has 128 valence electrons. The molecule has 0 bridgehead atoms. The maximum Gasteiger partial charge on any atom is 0.315 e. The van der Waals surface area contributed by atoms with Gasteiger partial charge in [0.25, 0.3) is 0 Å². The number of urea groups is 1. The summed E-state index contributed by atoms with van der Waals surface area (Å²) in [5, 5.41) is 7.23. The Morgan fingerprint density at radius 3 is 3.00 bits per heavy atom. The third-order valence-electron chi connectivity index (χ3n) is 4.80. The zero-order valence-electron chi connectivity index (χ0n) is 13.9. The Balaban J connectivity index is 1.32. The van der Waals surface area contributed by atoms with Crippen molar-refractivity contribution in [2.75, 3.05) is 13.7 Å². The molecule has 0 radical (unpaired) electrons. The van der Waals surface area contributed by atoms with E-state index < -0.39 is 0 Å². The number of nitrogens with one attached hydrogen (secondary N) is 2. The Morgan fingerprint density at radius 2 is 2.22 bits per heavy atom. The van der Waals surface area contributed by atoms with E-state index in [-0.39, 0.29) is 12.1 Å². The first kappa shape index (κ1) is 16.7. The molecule has 1 aromatic heterocycles. The second-order valence-corrected chi connectivity index (χ2v) is 7.72. The number of hydrogen-bond acceptors (Lipinski definition) is 4. The van der Waals surface area contributed by atoms with Crippen LogP contribution in [-0.2, 0) is 24.0 Å². The van der Waals surface area contributed by atoms with E-state index in [1.807, 2.05) is 11.3 Å². The van der Waals surface area contributed by atoms with E-state index in [1.165, 1.54) is 34.8 Å². The molecule has 1 saturated carbocycles. The molecule has 2 aliphatic rings. The van der Waals surface area contributed by atoms with Gasteiger partial charge in [0.15, 0.2) is 0 Å². The first-order valence-electron chi connectivity index (χ1n) is 8.79. The van der Waals surface area contributed by atoms with E-state index in [4.69, 9.17) is 9.72 Å². The summed E-state index contributed by atoms with van der Waals surface area (Å²) < 4.78 is 5.33. The van der Waals surface area contributed by atoms with Gasteiger partial charge in [0, 0.05) is 31.0 Å². The van der Waals surface area contributed by atoms with Crippen LogP contribution in [0.2, 0.25) is 0 Å². The Labute approximate surface area is 142 Å². The number of aromatic nitrogens is 1. The number of thiazole rings is 1. The molecule has 1 aromatic rings. The Kier molecular flexibility index (Phi) is 5.89. The summed E-state index contributed by atoms with van der Waals surface area (Å²) in [6, 6.07) is 0.204. The van der Waals surface area contributed by atoms with Gasteiger partial charge in [-0.1, -0.05) is 0 Å². The number of nitrogens with zero attached hydrogens (tertiary/aromatic N) is 1. The van der Waals surface area contributed by atoms with Crippen molar-refractivity contribution in [2.24, 2.45) is 0 Å². The average molecular weight is 337 g/mol. The lowest BCUT2D eigenvalue weighted by Gasteiger charge is -2.13. The third-order valence-corrected chi connectivity index (χ3v) is 6.01. The van der Waals surface area contributed by atoms with Gasteiger partial charge in [-0.25, -0.2) is 9.78 Å². The van der Waals surface area contributed by atoms with Gasteiger partial charge < -0.3 is 15.4 Å². The van der Waals surface area contributed by atoms with Crippen molar-refractivity contribution >= 4 is 17.4 Å². The van der Waals surface area contributed by atoms with Crippen LogP contribution in [0.25, 0.3) is 0 Å². The topological polar surface area (TPSA) is 63.2 Å². The van der Waals surface area contributed by atoms with E-state index in [1.54, 1.807) is 7.11 Å². The molecule has 1 heterocycles. The number of hydrogen-bond donors (Lipinski definition) is 2. The molecule has 5 nitrogen and oxygen atoms in total. The van der Waals surface area contributed by atoms with Crippen molar-refractivity contribution < 1.29 is 9.53 Å². The fourth-order valence-corrected chi connectivity index (χ4v) is 4.67. The Bertz CT molecular complexity index is 508. The minimum atomic E-state index is -0.0508. The molecule has 0 aromatic carbocycles. The molecule has 0 unspecified atom stereocenters. The third kappa shape index (κ3) is 4.67. The second-order valence-electron chi connectivity index (χ2n) is 6.56. The van der Waals surface area contributed by atoms with Crippen LogP contribution in [0.15, 0.2) is 0 Å². The lowest BCUT2D eigenvalue weighted by atomic mass is 10.0. The maximum atomic E-state index is 11.9. The summed E-state index contributed by atoms with van der Waals surface area (Å²) in [4.78, 5) is 18.1. The van der Waals surface area contributed by atoms with Crippen molar-refractivity contribution in [3.63, 3.8) is 0 Å². The summed E-state index contributed by atoms with van der Waals surface area (Å²) >= 11 is 1.87. The quantitative estimate of drug-likeness (QED) is 0.785. The summed E-state index contributed by atoms with van der Waals surface area (Å²) in [6.07, 6.45) is 10.1. The number of aryl methyl sites for hydroxylation is 3. The van der Waals surface area contributed by atoms with Crippen LogP contribution < -0.4 is 10.6 Å². The van der Waals surface area contributed by atoms with E-state index in [9.17, 15) is 4.79 Å². The summed E-state index contributed by atoms with van der Waals surface area (Å²) in [7, 11) is 1.74. The standard InChI is InChI=1S/C17H27N3O2S/c1-22-13-9-8-12(11-13)19-17(21)18-10-4-7-16-20-14-5-2-3-6-15(14)23-16/h12-13H,2-11H2,1H3,(H2,18,19,21)/t12-,13-/m1/s1. The van der Waals surface area contributed by atoms with Crippen molar-refractivity contribution in [3.8, 4) is 0 Å². The lowest BCUT2D eigenvalue weighted by Crippen LogP contribution is -2.41. The molecule has 1 fully saturated rings. The molecular weight excluding hydrogens is 310 g/mol. The lowest BCUT2D eigenvalue weighted by molar-refractivity contribution is 0.107. The SMILES string of the molecule is CO[C@@H]1CC[C@@H](NC(=O)NCCCc2nc3c(s2)CCCC3)C1. The second kappa shape index (κ2) is 8.11. The predicted octanol–water partition coefficient (Wildman–Crippen LogP) is 2.82. The smallest absolute Gasteiger partial charge is 0.315 e. The molecule has 0 saturated heterocycles. The van der Waals surface area contributed by atoms with E-state index >= 15 is 0 Å². The Hall–Kier alpha value is -1.14. The van der Waals surface area contributed by atoms with E-state index in [0.717, 1.165) is 38.5 Å². The number of fused-ring (bicyclic) bond motifs is 1. The number of rotatable bonds is 6. The fraction of sp³-hybridized carbons (Fsp3) is 0.765. The van der Waals surface area contributed by atoms with Crippen molar-refractivity contribution in [3.05, 3.63) is 15.6 Å². The normalized spacial score (nSPS) is 23.5. The van der Waals surface area contributed by atoms with Crippen LogP contribution in [0.3, 0.4) is 0 Å². The zero-order valence-corrected chi connectivity index (χ0v) is 14.7. The van der Waals surface area contributed by atoms with Gasteiger partial charge in [0.05, 0.1) is 16.8 Å². The van der Waals surface area contributed by atoms with Crippen molar-refractivity contribution in [1.82, 2.24) is 15.6 Å². The highest BCUT2D eigenvalue weighted by Gasteiger charge is 2.25. The molecule has 2 atom stereocenters.